The Kier molecular flexibility index (Phi) is 2.09. The number of phenolic OH excluding ortho intramolecular Hbond substituents is 1. The van der Waals surface area contributed by atoms with Gasteiger partial charge in [-0.3, -0.25) is 4.79 Å². The van der Waals surface area contributed by atoms with Gasteiger partial charge >= 0.3 is 0 Å². The molecule has 2 N–H and O–H groups in total. The number of hydrogen-bond acceptors (Lipinski definition) is 4. The molecule has 2 aromatic rings. The molecule has 5 heteroatoms. The number of rotatable bonds is 1. The van der Waals surface area contributed by atoms with Crippen molar-refractivity contribution in [2.45, 2.75) is 6.92 Å². The van der Waals surface area contributed by atoms with E-state index in [0.717, 1.165) is 5.39 Å². The summed E-state index contributed by atoms with van der Waals surface area (Å²) in [6, 6.07) is 5.12. The van der Waals surface area contributed by atoms with Gasteiger partial charge in [-0.2, -0.15) is 4.37 Å². The standard InChI is InChI=1S/C9H8N2O2S/c1-5(12)10-9-6-3-2-4-7(13)8(6)14-11-9/h2-4,13H,1H3,(H,10,11,12). The van der Waals surface area contributed by atoms with Crippen molar-refractivity contribution in [1.29, 1.82) is 0 Å². The largest absolute Gasteiger partial charge is 0.506 e. The minimum Gasteiger partial charge on any atom is -0.506 e. The third kappa shape index (κ3) is 1.42. The second-order valence-corrected chi connectivity index (χ2v) is 3.64. The van der Waals surface area contributed by atoms with Crippen molar-refractivity contribution in [3.05, 3.63) is 18.2 Å². The molecule has 0 bridgehead atoms. The molecule has 72 valence electrons. The Balaban J connectivity index is 2.58. The molecule has 0 unspecified atom stereocenters. The van der Waals surface area contributed by atoms with Crippen LogP contribution < -0.4 is 5.32 Å². The Labute approximate surface area is 84.3 Å². The summed E-state index contributed by atoms with van der Waals surface area (Å²) >= 11 is 1.17. The third-order valence-corrected chi connectivity index (χ3v) is 2.66. The average molecular weight is 208 g/mol. The molecule has 0 aliphatic rings. The van der Waals surface area contributed by atoms with Crippen LogP contribution in [0.25, 0.3) is 10.1 Å². The number of aromatic nitrogens is 1. The predicted octanol–water partition coefficient (Wildman–Crippen LogP) is 1.96. The molecule has 0 spiro atoms. The Morgan fingerprint density at radius 2 is 2.36 bits per heavy atom. The fourth-order valence-corrected chi connectivity index (χ4v) is 1.96. The van der Waals surface area contributed by atoms with Crippen LogP contribution in [0.3, 0.4) is 0 Å². The first-order chi connectivity index (χ1) is 6.68. The Hall–Kier alpha value is -1.62. The fourth-order valence-electron chi connectivity index (χ4n) is 1.20. The maximum absolute atomic E-state index is 10.8. The van der Waals surface area contributed by atoms with Gasteiger partial charge in [0.25, 0.3) is 0 Å². The zero-order chi connectivity index (χ0) is 10.1. The Morgan fingerprint density at radius 3 is 3.07 bits per heavy atom. The number of nitrogens with one attached hydrogen (secondary N) is 1. The lowest BCUT2D eigenvalue weighted by Crippen LogP contribution is -2.05. The highest BCUT2D eigenvalue weighted by Gasteiger charge is 2.09. The summed E-state index contributed by atoms with van der Waals surface area (Å²) in [6.45, 7) is 1.42. The normalized spacial score (nSPS) is 10.4. The van der Waals surface area contributed by atoms with Crippen molar-refractivity contribution in [1.82, 2.24) is 4.37 Å². The zero-order valence-electron chi connectivity index (χ0n) is 7.44. The molecule has 0 aliphatic carbocycles. The smallest absolute Gasteiger partial charge is 0.222 e. The van der Waals surface area contributed by atoms with Crippen LogP contribution in [0, 0.1) is 0 Å². The monoisotopic (exact) mass is 208 g/mol. The molecular formula is C9H8N2O2S. The number of carbonyl (C=O) groups excluding carboxylic acids is 1. The Morgan fingerprint density at radius 1 is 1.57 bits per heavy atom. The van der Waals surface area contributed by atoms with Crippen molar-refractivity contribution in [3.63, 3.8) is 0 Å². The second kappa shape index (κ2) is 3.26. The summed E-state index contributed by atoms with van der Waals surface area (Å²) in [5.74, 6) is 0.533. The highest BCUT2D eigenvalue weighted by atomic mass is 32.1. The van der Waals surface area contributed by atoms with Crippen molar-refractivity contribution >= 4 is 33.3 Å². The summed E-state index contributed by atoms with van der Waals surface area (Å²) in [5, 5.41) is 12.8. The molecule has 0 saturated carbocycles. The molecular weight excluding hydrogens is 200 g/mol. The van der Waals surface area contributed by atoms with Crippen molar-refractivity contribution in [3.8, 4) is 5.75 Å². The quantitative estimate of drug-likeness (QED) is 0.753. The van der Waals surface area contributed by atoms with Gasteiger partial charge in [0.2, 0.25) is 5.91 Å². The van der Waals surface area contributed by atoms with Crippen molar-refractivity contribution in [2.75, 3.05) is 5.32 Å². The predicted molar refractivity (Wildman–Crippen MR) is 55.6 cm³/mol. The van der Waals surface area contributed by atoms with Crippen LogP contribution >= 0.6 is 11.5 Å². The van der Waals surface area contributed by atoms with Crippen molar-refractivity contribution < 1.29 is 9.90 Å². The van der Waals surface area contributed by atoms with E-state index in [0.29, 0.717) is 10.5 Å². The number of hydrogen-bond donors (Lipinski definition) is 2. The average Bonchev–Trinajstić information content (AvgIpc) is 2.49. The number of anilines is 1. The molecule has 1 heterocycles. The van der Waals surface area contributed by atoms with Crippen LogP contribution in [0.4, 0.5) is 5.82 Å². The molecule has 1 aromatic carbocycles. The van der Waals surface area contributed by atoms with Gasteiger partial charge < -0.3 is 10.4 Å². The van der Waals surface area contributed by atoms with Gasteiger partial charge in [0.15, 0.2) is 5.82 Å². The van der Waals surface area contributed by atoms with Crippen LogP contribution in [0.5, 0.6) is 5.75 Å². The molecule has 0 fully saturated rings. The van der Waals surface area contributed by atoms with Crippen LogP contribution in [-0.4, -0.2) is 15.4 Å². The molecule has 0 radical (unpaired) electrons. The van der Waals surface area contributed by atoms with E-state index in [1.807, 2.05) is 6.07 Å². The highest BCUT2D eigenvalue weighted by molar-refractivity contribution is 7.14. The Bertz CT molecular complexity index is 493. The summed E-state index contributed by atoms with van der Waals surface area (Å²) in [7, 11) is 0. The van der Waals surface area contributed by atoms with E-state index in [1.54, 1.807) is 12.1 Å². The SMILES string of the molecule is CC(=O)Nc1nsc2c(O)cccc12. The number of fused-ring (bicyclic) bond motifs is 1. The number of carbonyl (C=O) groups is 1. The first-order valence-electron chi connectivity index (χ1n) is 4.03. The summed E-state index contributed by atoms with van der Waals surface area (Å²) in [4.78, 5) is 10.8. The lowest BCUT2D eigenvalue weighted by Gasteiger charge is -1.97. The summed E-state index contributed by atoms with van der Waals surface area (Å²) in [5.41, 5.74) is 0. The molecule has 0 aliphatic heterocycles. The number of phenols is 1. The molecule has 0 saturated heterocycles. The summed E-state index contributed by atoms with van der Waals surface area (Å²) < 4.78 is 4.74. The maximum Gasteiger partial charge on any atom is 0.222 e. The minimum absolute atomic E-state index is 0.166. The minimum atomic E-state index is -0.166. The van der Waals surface area contributed by atoms with Crippen LogP contribution in [0.1, 0.15) is 6.92 Å². The number of aromatic hydroxyl groups is 1. The first-order valence-corrected chi connectivity index (χ1v) is 4.81. The summed E-state index contributed by atoms with van der Waals surface area (Å²) in [6.07, 6.45) is 0. The lowest BCUT2D eigenvalue weighted by atomic mass is 10.2. The molecule has 14 heavy (non-hydrogen) atoms. The first kappa shape index (κ1) is 8.96. The van der Waals surface area contributed by atoms with Crippen LogP contribution in [0.15, 0.2) is 18.2 Å². The van der Waals surface area contributed by atoms with Gasteiger partial charge in [-0.1, -0.05) is 6.07 Å². The van der Waals surface area contributed by atoms with Gasteiger partial charge in [0.1, 0.15) is 5.75 Å². The molecule has 4 nitrogen and oxygen atoms in total. The van der Waals surface area contributed by atoms with Gasteiger partial charge in [-0.25, -0.2) is 0 Å². The van der Waals surface area contributed by atoms with Gasteiger partial charge in [-0.15, -0.1) is 0 Å². The zero-order valence-corrected chi connectivity index (χ0v) is 8.26. The third-order valence-electron chi connectivity index (χ3n) is 1.77. The molecule has 0 atom stereocenters. The van der Waals surface area contributed by atoms with Crippen LogP contribution in [0.2, 0.25) is 0 Å². The van der Waals surface area contributed by atoms with E-state index in [2.05, 4.69) is 9.69 Å². The van der Waals surface area contributed by atoms with E-state index in [1.165, 1.54) is 18.5 Å². The number of amides is 1. The molecule has 1 amide bonds. The van der Waals surface area contributed by atoms with Gasteiger partial charge in [0, 0.05) is 12.3 Å². The van der Waals surface area contributed by atoms with E-state index in [-0.39, 0.29) is 11.7 Å². The van der Waals surface area contributed by atoms with E-state index in [4.69, 9.17) is 0 Å². The highest BCUT2D eigenvalue weighted by Crippen LogP contribution is 2.32. The van der Waals surface area contributed by atoms with Gasteiger partial charge in [0.05, 0.1) is 4.70 Å². The number of nitrogens with zero attached hydrogens (tertiary/aromatic N) is 1. The topological polar surface area (TPSA) is 62.2 Å². The van der Waals surface area contributed by atoms with E-state index in [9.17, 15) is 9.90 Å². The van der Waals surface area contributed by atoms with E-state index < -0.39 is 0 Å². The van der Waals surface area contributed by atoms with Crippen molar-refractivity contribution in [2.24, 2.45) is 0 Å². The second-order valence-electron chi connectivity index (χ2n) is 2.87. The van der Waals surface area contributed by atoms with Crippen LogP contribution in [-0.2, 0) is 4.79 Å². The fraction of sp³-hybridized carbons (Fsp3) is 0.111. The molecule has 1 aromatic heterocycles. The molecule has 2 rings (SSSR count). The lowest BCUT2D eigenvalue weighted by molar-refractivity contribution is -0.114. The maximum atomic E-state index is 10.8. The van der Waals surface area contributed by atoms with E-state index >= 15 is 0 Å². The van der Waals surface area contributed by atoms with Gasteiger partial charge in [-0.05, 0) is 23.7 Å². The number of benzene rings is 1.